The average molecular weight is 667 g/mol. The summed E-state index contributed by atoms with van der Waals surface area (Å²) < 4.78 is 45.9. The molecule has 2 unspecified atom stereocenters. The number of phenols is 1. The molecule has 2 aromatic carbocycles. The van der Waals surface area contributed by atoms with Gasteiger partial charge in [-0.3, -0.25) is 0 Å². The van der Waals surface area contributed by atoms with E-state index in [1.165, 1.54) is 21.1 Å². The van der Waals surface area contributed by atoms with Crippen molar-refractivity contribution in [3.63, 3.8) is 0 Å². The van der Waals surface area contributed by atoms with E-state index in [0.29, 0.717) is 24.7 Å². The standard InChI is InChI=1S/C32H42O15/c1-13-23(34)25(36)27(38)31(45-13)44-12-22-24(35)26(37)28(39)32(47-22)46-19-7-5-15(9-21(19)41-3)30-17-11-42-29(16(17)10-43-30)14-4-6-18(33)20(8-14)40-2/h4-9,13,16-17,22-39H,10-12H2,1-3H3/t13-,16-,17-,22+,23-,24+,25+,26-,27+,28+,29?,30?,31+,32+/m0/s1. The highest BCUT2D eigenvalue weighted by Crippen LogP contribution is 2.51. The van der Waals surface area contributed by atoms with E-state index in [9.17, 15) is 35.7 Å². The number of aliphatic hydroxyl groups excluding tert-OH is 6. The van der Waals surface area contributed by atoms with Gasteiger partial charge in [0.1, 0.15) is 42.7 Å². The highest BCUT2D eigenvalue weighted by molar-refractivity contribution is 5.45. The van der Waals surface area contributed by atoms with Crippen molar-refractivity contribution in [1.29, 1.82) is 0 Å². The van der Waals surface area contributed by atoms with Crippen LogP contribution in [0.2, 0.25) is 0 Å². The van der Waals surface area contributed by atoms with Gasteiger partial charge < -0.3 is 73.6 Å². The number of hydrogen-bond donors (Lipinski definition) is 7. The molecule has 0 radical (unpaired) electrons. The van der Waals surface area contributed by atoms with Crippen molar-refractivity contribution >= 4 is 0 Å². The van der Waals surface area contributed by atoms with E-state index < -0.39 is 68.0 Å². The summed E-state index contributed by atoms with van der Waals surface area (Å²) >= 11 is 0. The Morgan fingerprint density at radius 1 is 0.660 bits per heavy atom. The molecule has 0 aliphatic carbocycles. The van der Waals surface area contributed by atoms with E-state index in [-0.39, 0.29) is 35.5 Å². The minimum Gasteiger partial charge on any atom is -0.504 e. The van der Waals surface area contributed by atoms with Gasteiger partial charge in [-0.15, -0.1) is 0 Å². The van der Waals surface area contributed by atoms with Crippen LogP contribution < -0.4 is 14.2 Å². The summed E-state index contributed by atoms with van der Waals surface area (Å²) in [5.74, 6) is 1.00. The van der Waals surface area contributed by atoms with Crippen molar-refractivity contribution in [2.75, 3.05) is 34.0 Å². The molecule has 0 amide bonds. The van der Waals surface area contributed by atoms with Gasteiger partial charge in [-0.05, 0) is 42.3 Å². The Bertz CT molecular complexity index is 1380. The van der Waals surface area contributed by atoms with Crippen molar-refractivity contribution in [3.8, 4) is 23.0 Å². The third-order valence-electron chi connectivity index (χ3n) is 9.46. The zero-order chi connectivity index (χ0) is 33.6. The second-order valence-electron chi connectivity index (χ2n) is 12.3. The molecule has 4 fully saturated rings. The van der Waals surface area contributed by atoms with Gasteiger partial charge in [0, 0.05) is 11.8 Å². The van der Waals surface area contributed by atoms with Gasteiger partial charge in [-0.1, -0.05) is 12.1 Å². The summed E-state index contributed by atoms with van der Waals surface area (Å²) in [7, 11) is 2.94. The first-order chi connectivity index (χ1) is 22.5. The van der Waals surface area contributed by atoms with Gasteiger partial charge in [0.05, 0.1) is 52.4 Å². The fraction of sp³-hybridized carbons (Fsp3) is 0.625. The fourth-order valence-corrected chi connectivity index (χ4v) is 6.68. The predicted octanol–water partition coefficient (Wildman–Crippen LogP) is -0.485. The van der Waals surface area contributed by atoms with Crippen LogP contribution in [-0.2, 0) is 23.7 Å². The first-order valence-electron chi connectivity index (χ1n) is 15.5. The molecule has 7 N–H and O–H groups in total. The Morgan fingerprint density at radius 3 is 1.87 bits per heavy atom. The molecule has 4 heterocycles. The third kappa shape index (κ3) is 6.50. The van der Waals surface area contributed by atoms with Crippen molar-refractivity contribution in [1.82, 2.24) is 0 Å². The van der Waals surface area contributed by atoms with Crippen LogP contribution in [0.5, 0.6) is 23.0 Å². The van der Waals surface area contributed by atoms with Crippen LogP contribution in [0.4, 0.5) is 0 Å². The quantitative estimate of drug-likeness (QED) is 0.180. The second-order valence-corrected chi connectivity index (χ2v) is 12.3. The molecular weight excluding hydrogens is 624 g/mol. The highest BCUT2D eigenvalue weighted by Gasteiger charge is 2.49. The molecule has 15 heteroatoms. The smallest absolute Gasteiger partial charge is 0.229 e. The van der Waals surface area contributed by atoms with Gasteiger partial charge in [-0.2, -0.15) is 0 Å². The number of rotatable bonds is 9. The van der Waals surface area contributed by atoms with Gasteiger partial charge in [0.2, 0.25) is 6.29 Å². The molecule has 15 nitrogen and oxygen atoms in total. The second kappa shape index (κ2) is 14.0. The lowest BCUT2D eigenvalue weighted by atomic mass is 9.85. The number of benzene rings is 2. The molecule has 260 valence electrons. The molecule has 47 heavy (non-hydrogen) atoms. The van der Waals surface area contributed by atoms with E-state index >= 15 is 0 Å². The molecule has 6 rings (SSSR count). The fourth-order valence-electron chi connectivity index (χ4n) is 6.68. The summed E-state index contributed by atoms with van der Waals surface area (Å²) in [6.07, 6.45) is -14.8. The number of ether oxygens (including phenoxy) is 8. The first kappa shape index (κ1) is 34.1. The van der Waals surface area contributed by atoms with Gasteiger partial charge in [0.15, 0.2) is 29.3 Å². The molecular formula is C32H42O15. The lowest BCUT2D eigenvalue weighted by Gasteiger charge is -2.42. The van der Waals surface area contributed by atoms with Crippen LogP contribution in [0, 0.1) is 11.8 Å². The van der Waals surface area contributed by atoms with Crippen LogP contribution in [0.25, 0.3) is 0 Å². The molecule has 2 aromatic rings. The van der Waals surface area contributed by atoms with Gasteiger partial charge >= 0.3 is 0 Å². The average Bonchev–Trinajstić information content (AvgIpc) is 3.69. The lowest BCUT2D eigenvalue weighted by Crippen LogP contribution is -2.61. The summed E-state index contributed by atoms with van der Waals surface area (Å²) in [4.78, 5) is 0. The van der Waals surface area contributed by atoms with Crippen LogP contribution in [0.15, 0.2) is 36.4 Å². The summed E-state index contributed by atoms with van der Waals surface area (Å²) in [5, 5.41) is 72.0. The number of aliphatic hydroxyl groups is 6. The molecule has 14 atom stereocenters. The molecule has 0 aromatic heterocycles. The maximum Gasteiger partial charge on any atom is 0.229 e. The molecule has 0 bridgehead atoms. The minimum absolute atomic E-state index is 0.0381. The molecule has 4 aliphatic heterocycles. The molecule has 0 saturated carbocycles. The Labute approximate surface area is 270 Å². The van der Waals surface area contributed by atoms with Crippen LogP contribution in [0.3, 0.4) is 0 Å². The number of hydrogen-bond acceptors (Lipinski definition) is 15. The van der Waals surface area contributed by atoms with Crippen LogP contribution in [0.1, 0.15) is 30.3 Å². The monoisotopic (exact) mass is 666 g/mol. The van der Waals surface area contributed by atoms with Crippen LogP contribution in [-0.4, -0.2) is 131 Å². The van der Waals surface area contributed by atoms with Crippen LogP contribution >= 0.6 is 0 Å². The highest BCUT2D eigenvalue weighted by atomic mass is 16.7. The van der Waals surface area contributed by atoms with E-state index in [0.717, 1.165) is 11.1 Å². The molecule has 4 aliphatic rings. The van der Waals surface area contributed by atoms with E-state index in [1.54, 1.807) is 30.3 Å². The Morgan fingerprint density at radius 2 is 1.23 bits per heavy atom. The summed E-state index contributed by atoms with van der Waals surface area (Å²) in [5.41, 5.74) is 1.70. The van der Waals surface area contributed by atoms with Gasteiger partial charge in [-0.25, -0.2) is 0 Å². The normalized spacial score (nSPS) is 40.2. The Kier molecular flexibility index (Phi) is 10.1. The number of fused-ring (bicyclic) bond motifs is 1. The number of methoxy groups -OCH3 is 2. The number of aromatic hydroxyl groups is 1. The summed E-state index contributed by atoms with van der Waals surface area (Å²) in [6, 6.07) is 10.3. The largest absolute Gasteiger partial charge is 0.504 e. The summed E-state index contributed by atoms with van der Waals surface area (Å²) in [6.45, 7) is 1.99. The van der Waals surface area contributed by atoms with Crippen molar-refractivity contribution in [2.45, 2.75) is 80.5 Å². The van der Waals surface area contributed by atoms with Crippen molar-refractivity contribution < 1.29 is 73.6 Å². The SMILES string of the molecule is COc1cc(C2OC[C@@H]3C(c4ccc(O[C@@H]5O[C@H](CO[C@@H]6O[C@@H](C)[C@H](O)[C@@H](O)[C@H]6O)[C@@H](O)[C@H](O)[C@H]5O)c(OC)c4)OC[C@H]23)ccc1O. The maximum atomic E-state index is 10.7. The zero-order valence-electron chi connectivity index (χ0n) is 26.1. The van der Waals surface area contributed by atoms with E-state index in [2.05, 4.69) is 0 Å². The molecule has 0 spiro atoms. The van der Waals surface area contributed by atoms with E-state index in [1.807, 2.05) is 6.07 Å². The predicted molar refractivity (Wildman–Crippen MR) is 158 cm³/mol. The van der Waals surface area contributed by atoms with Crippen molar-refractivity contribution in [2.24, 2.45) is 11.8 Å². The minimum atomic E-state index is -1.68. The Balaban J connectivity index is 1.12. The third-order valence-corrected chi connectivity index (χ3v) is 9.46. The van der Waals surface area contributed by atoms with Gasteiger partial charge in [0.25, 0.3) is 0 Å². The topological polar surface area (TPSA) is 215 Å². The first-order valence-corrected chi connectivity index (χ1v) is 15.5. The van der Waals surface area contributed by atoms with Crippen molar-refractivity contribution in [3.05, 3.63) is 47.5 Å². The van der Waals surface area contributed by atoms with E-state index in [4.69, 9.17) is 37.9 Å². The lowest BCUT2D eigenvalue weighted by molar-refractivity contribution is -0.318. The maximum absolute atomic E-state index is 10.7. The molecule has 4 saturated heterocycles. The zero-order valence-corrected chi connectivity index (χ0v) is 26.1. The number of phenolic OH excluding ortho intramolecular Hbond substituents is 1. The Hall–Kier alpha value is -2.80.